The summed E-state index contributed by atoms with van der Waals surface area (Å²) in [7, 11) is 0. The molecule has 0 spiro atoms. The Hall–Kier alpha value is -2.06. The number of phenols is 1. The molecule has 1 aromatic carbocycles. The third kappa shape index (κ3) is 7.36. The third-order valence-electron chi connectivity index (χ3n) is 4.54. The van der Waals surface area contributed by atoms with Crippen LogP contribution in [0, 0.1) is 20.8 Å². The van der Waals surface area contributed by atoms with E-state index in [2.05, 4.69) is 16.7 Å². The predicted molar refractivity (Wildman–Crippen MR) is 116 cm³/mol. The molecule has 3 amide bonds. The van der Waals surface area contributed by atoms with Crippen LogP contribution in [0.3, 0.4) is 0 Å². The fraction of sp³-hybridized carbons (Fsp3) is 0.550. The number of nitriles is 1. The van der Waals surface area contributed by atoms with Gasteiger partial charge in [0.15, 0.2) is 0 Å². The van der Waals surface area contributed by atoms with Gasteiger partial charge >= 0.3 is 6.03 Å². The lowest BCUT2D eigenvalue weighted by molar-refractivity contribution is -0.123. The second kappa shape index (κ2) is 11.2. The van der Waals surface area contributed by atoms with Crippen molar-refractivity contribution >= 4 is 34.5 Å². The minimum absolute atomic E-state index is 0.176. The highest BCUT2D eigenvalue weighted by molar-refractivity contribution is 14.1. The average molecular weight is 514 g/mol. The van der Waals surface area contributed by atoms with E-state index < -0.39 is 12.1 Å². The lowest BCUT2D eigenvalue weighted by Gasteiger charge is -2.29. The van der Waals surface area contributed by atoms with Crippen LogP contribution >= 0.6 is 22.6 Å². The minimum atomic E-state index is -0.738. The lowest BCUT2D eigenvalue weighted by atomic mass is 10.0. The summed E-state index contributed by atoms with van der Waals surface area (Å²) >= 11 is 2.01. The number of ether oxygens (including phenoxy) is 1. The van der Waals surface area contributed by atoms with Crippen LogP contribution in [0.1, 0.15) is 25.8 Å². The quantitative estimate of drug-likeness (QED) is 0.482. The molecule has 158 valence electrons. The molecule has 0 bridgehead atoms. The van der Waals surface area contributed by atoms with E-state index in [1.54, 1.807) is 23.1 Å². The molecule has 1 saturated heterocycles. The highest BCUT2D eigenvalue weighted by atomic mass is 127. The molecule has 0 aliphatic carbocycles. The summed E-state index contributed by atoms with van der Waals surface area (Å²) in [5, 5.41) is 24.7. The van der Waals surface area contributed by atoms with Crippen molar-refractivity contribution in [1.82, 2.24) is 15.5 Å². The number of carbonyl (C=O) groups excluding carboxylic acids is 2. The number of aromatic hydroxyl groups is 1. The molecule has 8 nitrogen and oxygen atoms in total. The monoisotopic (exact) mass is 514 g/mol. The van der Waals surface area contributed by atoms with Crippen molar-refractivity contribution in [2.45, 2.75) is 38.8 Å². The lowest BCUT2D eigenvalue weighted by Crippen LogP contribution is -2.55. The second-order valence-electron chi connectivity index (χ2n) is 7.41. The van der Waals surface area contributed by atoms with E-state index in [0.29, 0.717) is 42.7 Å². The summed E-state index contributed by atoms with van der Waals surface area (Å²) in [4.78, 5) is 26.9. The number of rotatable bonds is 7. The van der Waals surface area contributed by atoms with Crippen molar-refractivity contribution in [2.24, 2.45) is 5.92 Å². The van der Waals surface area contributed by atoms with Gasteiger partial charge in [-0.2, -0.15) is 5.26 Å². The van der Waals surface area contributed by atoms with Gasteiger partial charge in [0.1, 0.15) is 17.8 Å². The van der Waals surface area contributed by atoms with Gasteiger partial charge in [0.05, 0.1) is 22.9 Å². The number of urea groups is 1. The number of morpholine rings is 1. The van der Waals surface area contributed by atoms with Gasteiger partial charge in [0.25, 0.3) is 0 Å². The molecule has 1 fully saturated rings. The summed E-state index contributed by atoms with van der Waals surface area (Å²) in [5.74, 6) is -0.00926. The van der Waals surface area contributed by atoms with E-state index in [1.807, 2.05) is 36.4 Å². The maximum absolute atomic E-state index is 12.8. The van der Waals surface area contributed by atoms with Gasteiger partial charge in [0.2, 0.25) is 5.91 Å². The van der Waals surface area contributed by atoms with E-state index in [9.17, 15) is 20.0 Å². The van der Waals surface area contributed by atoms with Gasteiger partial charge in [-0.25, -0.2) is 4.79 Å². The van der Waals surface area contributed by atoms with Crippen LogP contribution in [0.15, 0.2) is 18.2 Å². The van der Waals surface area contributed by atoms with Crippen molar-refractivity contribution in [3.8, 4) is 11.8 Å². The highest BCUT2D eigenvalue weighted by Crippen LogP contribution is 2.21. The fourth-order valence-electron chi connectivity index (χ4n) is 3.02. The van der Waals surface area contributed by atoms with Crippen LogP contribution < -0.4 is 10.6 Å². The summed E-state index contributed by atoms with van der Waals surface area (Å²) in [6.07, 6.45) is 0.779. The van der Waals surface area contributed by atoms with Crippen LogP contribution in [0.5, 0.6) is 5.75 Å². The van der Waals surface area contributed by atoms with E-state index in [0.717, 1.165) is 5.56 Å². The molecule has 0 radical (unpaired) electrons. The van der Waals surface area contributed by atoms with Gasteiger partial charge in [0, 0.05) is 19.5 Å². The largest absolute Gasteiger partial charge is 0.507 e. The van der Waals surface area contributed by atoms with E-state index in [4.69, 9.17) is 4.74 Å². The van der Waals surface area contributed by atoms with E-state index >= 15 is 0 Å². The number of nitrogens with one attached hydrogen (secondary N) is 2. The fourth-order valence-corrected chi connectivity index (χ4v) is 3.60. The van der Waals surface area contributed by atoms with Crippen molar-refractivity contribution in [3.05, 3.63) is 27.3 Å². The molecule has 2 rings (SSSR count). The maximum Gasteiger partial charge on any atom is 0.318 e. The molecular weight excluding hydrogens is 487 g/mol. The van der Waals surface area contributed by atoms with Crippen LogP contribution in [-0.2, 0) is 16.0 Å². The summed E-state index contributed by atoms with van der Waals surface area (Å²) < 4.78 is 5.93. The van der Waals surface area contributed by atoms with Crippen molar-refractivity contribution in [2.75, 3.05) is 26.3 Å². The first-order valence-electron chi connectivity index (χ1n) is 9.60. The molecule has 0 unspecified atom stereocenters. The first-order valence-corrected chi connectivity index (χ1v) is 10.7. The first-order chi connectivity index (χ1) is 13.8. The van der Waals surface area contributed by atoms with Gasteiger partial charge < -0.3 is 25.4 Å². The molecular formula is C20H27IN4O4. The second-order valence-corrected chi connectivity index (χ2v) is 8.57. The Bertz CT molecular complexity index is 759. The number of carbonyl (C=O) groups is 2. The number of nitrogens with zero attached hydrogens (tertiary/aromatic N) is 2. The normalized spacial score (nSPS) is 16.0. The van der Waals surface area contributed by atoms with Crippen LogP contribution in [0.25, 0.3) is 0 Å². The average Bonchev–Trinajstić information content (AvgIpc) is 2.69. The van der Waals surface area contributed by atoms with Gasteiger partial charge in [-0.3, -0.25) is 4.79 Å². The van der Waals surface area contributed by atoms with Crippen molar-refractivity contribution in [3.63, 3.8) is 0 Å². The van der Waals surface area contributed by atoms with Crippen molar-refractivity contribution in [1.29, 1.82) is 5.26 Å². The summed E-state index contributed by atoms with van der Waals surface area (Å²) in [6, 6.07) is 5.41. The molecule has 1 heterocycles. The van der Waals surface area contributed by atoms with Gasteiger partial charge in [-0.15, -0.1) is 0 Å². The molecule has 3 N–H and O–H groups in total. The van der Waals surface area contributed by atoms with Crippen LogP contribution in [0.2, 0.25) is 0 Å². The van der Waals surface area contributed by atoms with Crippen LogP contribution in [-0.4, -0.2) is 60.3 Å². The summed E-state index contributed by atoms with van der Waals surface area (Å²) in [6.45, 7) is 5.89. The number of halogens is 1. The number of hydrogen-bond acceptors (Lipinski definition) is 5. The van der Waals surface area contributed by atoms with Crippen molar-refractivity contribution < 1.29 is 19.4 Å². The maximum atomic E-state index is 12.8. The Morgan fingerprint density at radius 1 is 1.31 bits per heavy atom. The molecule has 1 aliphatic rings. The molecule has 9 heteroatoms. The molecule has 1 aromatic rings. The molecule has 0 saturated carbocycles. The zero-order valence-corrected chi connectivity index (χ0v) is 18.8. The Kier molecular flexibility index (Phi) is 8.98. The topological polar surface area (TPSA) is 115 Å². The zero-order chi connectivity index (χ0) is 21.4. The minimum Gasteiger partial charge on any atom is -0.507 e. The first kappa shape index (κ1) is 23.2. The van der Waals surface area contributed by atoms with E-state index in [1.165, 1.54) is 0 Å². The number of hydrogen-bond donors (Lipinski definition) is 3. The van der Waals surface area contributed by atoms with E-state index in [-0.39, 0.29) is 23.6 Å². The number of benzene rings is 1. The smallest absolute Gasteiger partial charge is 0.318 e. The number of amides is 3. The standard InChI is InChI=1S/C20H27IN4O4/c1-13(2)9-17(24-20(28)25-5-7-29-8-6-25)19(27)23-15(12-22)10-14-3-4-18(26)16(21)11-14/h3-4,11,13,15,17,26H,5-10H2,1-2H3,(H,23,27)(H,24,28)/t15-,17-/m0/s1. The zero-order valence-electron chi connectivity index (χ0n) is 16.7. The molecule has 29 heavy (non-hydrogen) atoms. The Morgan fingerprint density at radius 2 is 2.00 bits per heavy atom. The van der Waals surface area contributed by atoms with Crippen LogP contribution in [0.4, 0.5) is 4.79 Å². The Morgan fingerprint density at radius 3 is 2.59 bits per heavy atom. The Balaban J connectivity index is 2.01. The SMILES string of the molecule is CC(C)C[C@H](NC(=O)N1CCOCC1)C(=O)N[C@H](C#N)Cc1ccc(O)c(I)c1. The van der Waals surface area contributed by atoms with Gasteiger partial charge in [-0.1, -0.05) is 19.9 Å². The summed E-state index contributed by atoms with van der Waals surface area (Å²) in [5.41, 5.74) is 0.830. The number of phenolic OH excluding ortho intramolecular Hbond substituents is 1. The molecule has 2 atom stereocenters. The Labute approximate surface area is 184 Å². The molecule has 1 aliphatic heterocycles. The highest BCUT2D eigenvalue weighted by Gasteiger charge is 2.27. The molecule has 0 aromatic heterocycles. The third-order valence-corrected chi connectivity index (χ3v) is 5.41. The van der Waals surface area contributed by atoms with Gasteiger partial charge in [-0.05, 0) is 52.6 Å². The predicted octanol–water partition coefficient (Wildman–Crippen LogP) is 2.00.